The molecule has 0 fully saturated rings. The molecule has 0 aliphatic heterocycles. The summed E-state index contributed by atoms with van der Waals surface area (Å²) in [7, 11) is 0. The molecule has 0 unspecified atom stereocenters. The summed E-state index contributed by atoms with van der Waals surface area (Å²) in [6.45, 7) is 4.11. The quantitative estimate of drug-likeness (QED) is 0.610. The molecule has 0 amide bonds. The lowest BCUT2D eigenvalue weighted by molar-refractivity contribution is 1.07. The first-order valence-corrected chi connectivity index (χ1v) is 3.69. The van der Waals surface area contributed by atoms with Gasteiger partial charge >= 0.3 is 0 Å². The Kier molecular flexibility index (Phi) is 1.22. The molecular formula is C9H12N2. The maximum atomic E-state index is 4.15. The minimum atomic E-state index is 0. The lowest BCUT2D eigenvalue weighted by atomic mass is 10.1. The third-order valence-corrected chi connectivity index (χ3v) is 1.90. The van der Waals surface area contributed by atoms with Crippen molar-refractivity contribution in [2.45, 2.75) is 13.8 Å². The summed E-state index contributed by atoms with van der Waals surface area (Å²) in [6, 6.07) is 6.28. The minimum Gasteiger partial charge on any atom is -0.282 e. The molecule has 1 aromatic carbocycles. The first kappa shape index (κ1) is 6.40. The van der Waals surface area contributed by atoms with E-state index in [2.05, 4.69) is 35.3 Å². The van der Waals surface area contributed by atoms with Crippen molar-refractivity contribution in [3.05, 3.63) is 29.5 Å². The fraction of sp³-hybridized carbons (Fsp3) is 0.222. The fourth-order valence-electron chi connectivity index (χ4n) is 1.26. The average Bonchev–Trinajstić information content (AvgIpc) is 2.32. The van der Waals surface area contributed by atoms with Gasteiger partial charge in [-0.25, -0.2) is 0 Å². The van der Waals surface area contributed by atoms with Crippen LogP contribution in [0.5, 0.6) is 0 Å². The van der Waals surface area contributed by atoms with Gasteiger partial charge in [0.05, 0.1) is 5.52 Å². The van der Waals surface area contributed by atoms with Gasteiger partial charge in [-0.1, -0.05) is 12.1 Å². The number of nitrogens with zero attached hydrogens (tertiary/aromatic N) is 1. The Labute approximate surface area is 66.7 Å². The van der Waals surface area contributed by atoms with Crippen molar-refractivity contribution in [2.75, 3.05) is 0 Å². The largest absolute Gasteiger partial charge is 0.282 e. The van der Waals surface area contributed by atoms with E-state index < -0.39 is 0 Å². The van der Waals surface area contributed by atoms with Crippen LogP contribution in [0.4, 0.5) is 0 Å². The van der Waals surface area contributed by atoms with E-state index >= 15 is 0 Å². The zero-order valence-electron chi connectivity index (χ0n) is 6.68. The molecule has 2 nitrogen and oxygen atoms in total. The molecule has 2 aromatic rings. The highest BCUT2D eigenvalue weighted by molar-refractivity contribution is 5.81. The SMILES string of the molecule is Cc1ccc2c(C)[nH]nc2c1.[HH]. The van der Waals surface area contributed by atoms with Gasteiger partial charge in [-0.05, 0) is 25.5 Å². The highest BCUT2D eigenvalue weighted by Crippen LogP contribution is 2.15. The Morgan fingerprint density at radius 2 is 2.18 bits per heavy atom. The van der Waals surface area contributed by atoms with E-state index in [-0.39, 0.29) is 1.43 Å². The van der Waals surface area contributed by atoms with Crippen LogP contribution in [0.3, 0.4) is 0 Å². The fourth-order valence-corrected chi connectivity index (χ4v) is 1.26. The summed E-state index contributed by atoms with van der Waals surface area (Å²) >= 11 is 0. The summed E-state index contributed by atoms with van der Waals surface area (Å²) in [4.78, 5) is 0. The molecule has 0 saturated carbocycles. The van der Waals surface area contributed by atoms with Crippen molar-refractivity contribution >= 4 is 10.9 Å². The summed E-state index contributed by atoms with van der Waals surface area (Å²) in [5, 5.41) is 8.33. The van der Waals surface area contributed by atoms with Gasteiger partial charge in [0.15, 0.2) is 0 Å². The second kappa shape index (κ2) is 2.09. The molecule has 1 aromatic heterocycles. The molecule has 0 bridgehead atoms. The summed E-state index contributed by atoms with van der Waals surface area (Å²) in [5.74, 6) is 0. The first-order valence-electron chi connectivity index (χ1n) is 3.69. The summed E-state index contributed by atoms with van der Waals surface area (Å²) < 4.78 is 0. The van der Waals surface area contributed by atoms with Crippen LogP contribution in [0, 0.1) is 13.8 Å². The molecule has 1 N–H and O–H groups in total. The molecule has 2 rings (SSSR count). The van der Waals surface area contributed by atoms with E-state index in [1.807, 2.05) is 6.92 Å². The van der Waals surface area contributed by atoms with Crippen molar-refractivity contribution in [3.8, 4) is 0 Å². The van der Waals surface area contributed by atoms with Crippen LogP contribution in [-0.2, 0) is 0 Å². The van der Waals surface area contributed by atoms with Gasteiger partial charge in [-0.15, -0.1) is 0 Å². The van der Waals surface area contributed by atoms with Crippen LogP contribution in [0.1, 0.15) is 12.7 Å². The zero-order valence-corrected chi connectivity index (χ0v) is 6.68. The van der Waals surface area contributed by atoms with Crippen LogP contribution in [0.25, 0.3) is 10.9 Å². The van der Waals surface area contributed by atoms with Gasteiger partial charge in [0.2, 0.25) is 0 Å². The smallest absolute Gasteiger partial charge is 0.0926 e. The number of aromatic nitrogens is 2. The van der Waals surface area contributed by atoms with Crippen LogP contribution < -0.4 is 0 Å². The second-order valence-electron chi connectivity index (χ2n) is 2.87. The number of rotatable bonds is 0. The lowest BCUT2D eigenvalue weighted by Crippen LogP contribution is -1.71. The van der Waals surface area contributed by atoms with Gasteiger partial charge in [-0.2, -0.15) is 5.10 Å². The molecule has 11 heavy (non-hydrogen) atoms. The van der Waals surface area contributed by atoms with E-state index in [0.29, 0.717) is 0 Å². The molecule has 1 heterocycles. The zero-order chi connectivity index (χ0) is 7.84. The molecular weight excluding hydrogens is 136 g/mol. The topological polar surface area (TPSA) is 28.7 Å². The van der Waals surface area contributed by atoms with Crippen LogP contribution in [0.15, 0.2) is 18.2 Å². The van der Waals surface area contributed by atoms with E-state index in [9.17, 15) is 0 Å². The molecule has 0 spiro atoms. The van der Waals surface area contributed by atoms with E-state index in [0.717, 1.165) is 11.2 Å². The number of aromatic amines is 1. The third kappa shape index (κ3) is 0.909. The predicted octanol–water partition coefficient (Wildman–Crippen LogP) is 2.43. The molecule has 0 atom stereocenters. The average molecular weight is 148 g/mol. The Morgan fingerprint density at radius 3 is 3.00 bits per heavy atom. The first-order chi connectivity index (χ1) is 5.27. The van der Waals surface area contributed by atoms with Gasteiger partial charge < -0.3 is 0 Å². The van der Waals surface area contributed by atoms with Gasteiger partial charge in [0.1, 0.15) is 0 Å². The minimum absolute atomic E-state index is 0. The standard InChI is InChI=1S/C9H10N2.H2/c1-6-3-4-8-7(2)10-11-9(8)5-6;/h3-5H,1-2H3,(H,10,11);1H. The summed E-state index contributed by atoms with van der Waals surface area (Å²) in [5.41, 5.74) is 3.45. The Bertz CT molecular complexity index is 392. The second-order valence-corrected chi connectivity index (χ2v) is 2.87. The molecule has 0 saturated heterocycles. The molecule has 0 radical (unpaired) electrons. The highest BCUT2D eigenvalue weighted by Gasteiger charge is 1.98. The van der Waals surface area contributed by atoms with Gasteiger partial charge in [0.25, 0.3) is 0 Å². The van der Waals surface area contributed by atoms with Gasteiger partial charge in [-0.3, -0.25) is 5.10 Å². The Hall–Kier alpha value is -1.31. The number of hydrogen-bond donors (Lipinski definition) is 1. The maximum absolute atomic E-state index is 4.15. The predicted molar refractivity (Wildman–Crippen MR) is 47.7 cm³/mol. The number of fused-ring (bicyclic) bond motifs is 1. The number of aryl methyl sites for hydroxylation is 2. The van der Waals surface area contributed by atoms with E-state index in [1.165, 1.54) is 10.9 Å². The van der Waals surface area contributed by atoms with Crippen LogP contribution >= 0.6 is 0 Å². The number of H-pyrrole nitrogens is 1. The molecule has 58 valence electrons. The molecule has 0 aliphatic carbocycles. The van der Waals surface area contributed by atoms with Crippen molar-refractivity contribution in [1.29, 1.82) is 0 Å². The normalized spacial score (nSPS) is 10.7. The summed E-state index contributed by atoms with van der Waals surface area (Å²) in [6.07, 6.45) is 0. The van der Waals surface area contributed by atoms with Crippen molar-refractivity contribution in [1.82, 2.24) is 10.2 Å². The third-order valence-electron chi connectivity index (χ3n) is 1.90. The lowest BCUT2D eigenvalue weighted by Gasteiger charge is -1.90. The van der Waals surface area contributed by atoms with Crippen LogP contribution in [-0.4, -0.2) is 10.2 Å². The number of benzene rings is 1. The Morgan fingerprint density at radius 1 is 1.36 bits per heavy atom. The van der Waals surface area contributed by atoms with Gasteiger partial charge in [0, 0.05) is 12.5 Å². The monoisotopic (exact) mass is 148 g/mol. The molecule has 2 heteroatoms. The van der Waals surface area contributed by atoms with E-state index in [1.54, 1.807) is 0 Å². The number of hydrogen-bond acceptors (Lipinski definition) is 1. The number of nitrogens with one attached hydrogen (secondary N) is 1. The van der Waals surface area contributed by atoms with Crippen molar-refractivity contribution in [2.24, 2.45) is 0 Å². The van der Waals surface area contributed by atoms with E-state index in [4.69, 9.17) is 0 Å². The molecule has 0 aliphatic rings. The highest BCUT2D eigenvalue weighted by atomic mass is 15.1. The van der Waals surface area contributed by atoms with Crippen molar-refractivity contribution in [3.63, 3.8) is 0 Å². The van der Waals surface area contributed by atoms with Crippen LogP contribution in [0.2, 0.25) is 0 Å². The van der Waals surface area contributed by atoms with Crippen molar-refractivity contribution < 1.29 is 1.43 Å². The maximum Gasteiger partial charge on any atom is 0.0926 e. The Balaban J connectivity index is 0.000000720.